The number of carbonyl (C=O) groups is 6. The van der Waals surface area contributed by atoms with E-state index in [-0.39, 0.29) is 115 Å². The average Bonchev–Trinajstić information content (AvgIpc) is 1.57. The van der Waals surface area contributed by atoms with Gasteiger partial charge in [-0.2, -0.15) is 0 Å². The highest BCUT2D eigenvalue weighted by molar-refractivity contribution is 6.35. The van der Waals surface area contributed by atoms with Gasteiger partial charge in [0.1, 0.15) is 141 Å². The van der Waals surface area contributed by atoms with Gasteiger partial charge >= 0.3 is 17.9 Å². The minimum absolute atomic E-state index is 0.000659. The molecule has 0 bridgehead atoms. The van der Waals surface area contributed by atoms with Crippen molar-refractivity contribution in [1.82, 2.24) is 72.7 Å². The Labute approximate surface area is 762 Å². The molecule has 4 aliphatic rings. The van der Waals surface area contributed by atoms with E-state index >= 15 is 0 Å². The third-order valence-corrected chi connectivity index (χ3v) is 23.3. The second kappa shape index (κ2) is 41.3. The maximum Gasteiger partial charge on any atom is 0.338 e. The zero-order valence-corrected chi connectivity index (χ0v) is 75.3. The summed E-state index contributed by atoms with van der Waals surface area (Å²) < 4.78 is 48.1. The van der Waals surface area contributed by atoms with Crippen molar-refractivity contribution in [1.29, 1.82) is 0 Å². The van der Waals surface area contributed by atoms with Crippen molar-refractivity contribution in [3.63, 3.8) is 0 Å². The monoisotopic (exact) mass is 1870 g/mol. The molecule has 14 heterocycles. The third-order valence-electron chi connectivity index (χ3n) is 23.0. The molecule has 3 amide bonds. The van der Waals surface area contributed by atoms with Crippen molar-refractivity contribution in [3.8, 4) is 0 Å². The molecular weight excluding hydrogens is 1760 g/mol. The Kier molecular flexibility index (Phi) is 31.4. The zero-order chi connectivity index (χ0) is 97.9. The molecule has 15 rings (SSSR count). The van der Waals surface area contributed by atoms with Crippen LogP contribution >= 0.6 is 11.6 Å². The first-order chi connectivity index (χ1) is 62.7. The van der Waals surface area contributed by atoms with Gasteiger partial charge in [-0.05, 0) is 84.9 Å². The van der Waals surface area contributed by atoms with Gasteiger partial charge in [-0.1, -0.05) is 71.3 Å². The van der Waals surface area contributed by atoms with Crippen LogP contribution in [0.3, 0.4) is 0 Å². The molecule has 0 aliphatic carbocycles. The van der Waals surface area contributed by atoms with Crippen LogP contribution in [0.15, 0.2) is 67.4 Å². The number of esters is 3. The Morgan fingerprint density at radius 1 is 0.594 bits per heavy atom. The van der Waals surface area contributed by atoms with Crippen molar-refractivity contribution < 1.29 is 113 Å². The number of aryl methyl sites for hydroxylation is 5. The summed E-state index contributed by atoms with van der Waals surface area (Å²) in [5, 5.41) is 99.8. The van der Waals surface area contributed by atoms with Crippen LogP contribution in [0.1, 0.15) is 157 Å². The SMILES string of the molecule is Cc1nc(N)c2c(C(N)=O)cn([C@@H]3O[C@H](COC(=O)[C@@H](N)C(C)C)[C@@H](OC(=O)C(N)C(C)C)[C@@]3(C)O)c2n1.Cc1nc(N)c2ccn(C[C@H](O)CO)c2n1.Cc1nc(NN)c2c(C(N)=O)cn([C@@H]3O[C@H](CO)[C@@H](O)[C@H]3O)c2n1.Cc1nc(NO)c2c(C(N)=O)cn([C@@H]3O[C@H](CO)[C@@H](O)[C@H]3O)c2n1.[C-]#[N+]c1cn([C@@H]2O[C@H](CC)[C@@H](C)[C@@]2(C)OC(=O)c2ccccc2)c2nc(C)nc(Cl)c12. The summed E-state index contributed by atoms with van der Waals surface area (Å²) in [5.74, 6) is 3.30. The van der Waals surface area contributed by atoms with E-state index in [1.807, 2.05) is 32.3 Å². The number of hydrogen-bond donors (Lipinski definition) is 20. The number of fused-ring (bicyclic) bond motifs is 5. The molecule has 0 saturated carbocycles. The van der Waals surface area contributed by atoms with Crippen LogP contribution in [-0.4, -0.2) is 270 Å². The number of aliphatic hydroxyl groups excluding tert-OH is 8. The highest BCUT2D eigenvalue weighted by Gasteiger charge is 2.59. The van der Waals surface area contributed by atoms with E-state index in [1.54, 1.807) is 114 Å². The zero-order valence-electron chi connectivity index (χ0n) is 74.5. The lowest BCUT2D eigenvalue weighted by atomic mass is 9.86. The summed E-state index contributed by atoms with van der Waals surface area (Å²) >= 11 is 6.35. The largest absolute Gasteiger partial charge is 0.462 e. The lowest BCUT2D eigenvalue weighted by Crippen LogP contribution is -2.50. The molecule has 10 aromatic heterocycles. The number of nitrogens with zero attached hydrogens (tertiary/aromatic N) is 16. The normalized spacial score (nSPS) is 24.4. The van der Waals surface area contributed by atoms with E-state index in [4.69, 9.17) is 102 Å². The van der Waals surface area contributed by atoms with Crippen molar-refractivity contribution in [2.24, 2.45) is 52.3 Å². The first-order valence-electron chi connectivity index (χ1n) is 41.7. The van der Waals surface area contributed by atoms with Gasteiger partial charge in [-0.25, -0.2) is 65.3 Å². The molecule has 0 spiro atoms. The van der Waals surface area contributed by atoms with Crippen LogP contribution in [0, 0.1) is 58.9 Å². The van der Waals surface area contributed by atoms with E-state index in [0.717, 1.165) is 11.8 Å². The van der Waals surface area contributed by atoms with Crippen molar-refractivity contribution in [2.45, 2.75) is 212 Å². The van der Waals surface area contributed by atoms with Gasteiger partial charge in [-0.15, -0.1) is 0 Å². The summed E-state index contributed by atoms with van der Waals surface area (Å²) in [6.07, 6.45) is -6.60. The molecule has 28 N–H and O–H groups in total. The molecule has 19 atom stereocenters. The second-order valence-corrected chi connectivity index (χ2v) is 33.4. The van der Waals surface area contributed by atoms with E-state index < -0.39 is 159 Å². The van der Waals surface area contributed by atoms with Gasteiger partial charge in [0, 0.05) is 36.9 Å². The highest BCUT2D eigenvalue weighted by Crippen LogP contribution is 2.50. The van der Waals surface area contributed by atoms with Gasteiger partial charge in [0.2, 0.25) is 5.69 Å². The van der Waals surface area contributed by atoms with E-state index in [0.29, 0.717) is 57.0 Å². The minimum Gasteiger partial charge on any atom is -0.462 e. The Balaban J connectivity index is 0.000000164. The predicted octanol–water partition coefficient (Wildman–Crippen LogP) is 0.656. The third kappa shape index (κ3) is 20.4. The first-order valence-corrected chi connectivity index (χ1v) is 42.1. The molecule has 11 aromatic rings. The van der Waals surface area contributed by atoms with Crippen LogP contribution in [0.2, 0.25) is 5.15 Å². The molecule has 4 saturated heterocycles. The maximum absolute atomic E-state index is 13.0. The predicted molar refractivity (Wildman–Crippen MR) is 474 cm³/mol. The number of nitrogen functional groups attached to an aromatic ring is 3. The van der Waals surface area contributed by atoms with Crippen LogP contribution < -0.4 is 56.9 Å². The fraction of sp³-hybridized carbons (Fsp3) is 0.482. The number of carbonyl (C=O) groups excluding carboxylic acids is 6. The number of rotatable bonds is 24. The molecular formula is C83H109ClN26O23. The van der Waals surface area contributed by atoms with Crippen molar-refractivity contribution >= 4 is 131 Å². The standard InChI is InChI=1S/C24H37N7O7.C23H23ClN4O3.C13H18N6O5.C13H17N5O6.C10H14N4O2/c1-9(2)15(25)21(33)36-8-13-17(38-22(34)16(26)10(3)4)24(6,35)23(37-13)31-7-12(19(28)32)14-18(27)29-11(5)30-20(14)31;1-6-17-13(2)23(4,31-21(29)15-10-8-7-9-11-15)22(30-17)28-12-16(25-5)18-19(24)26-14(3)27-20(18)28;1-4-16-11(18-15)7-5(10(14)23)2-19(12(7)17-4)13-9(22)8(21)6(3-20)24-13;1-4-15-11(17-23)7-5(10(14)22)2-18(12(7)16-4)13-9(21)8(20)6(3-19)24-13;1-6-12-9(11)8-2-3-14(10(8)13-6)4-7(16)5-15/h7,9-10,13,15-17,23,35H,8,25-26H2,1-6H3,(H2,28,32)(H2,27,29,30);7-13,17,22H,6H2,1-4H3;2,6,8-9,13,20-22H,3,15H2,1H3,(H2,14,23)(H,16,17,18);2,6,8-9,13,19-21,23H,3H2,1H3,(H2,14,22)(H,15,16,17);2-3,7,15-16H,4-5H2,1H3,(H2,11,12,13)/t13-,15+,16?,17-,23-,24-;13-,17-,22-,23-;2*6-,8-,9-,13-;7-/m11110/s1. The summed E-state index contributed by atoms with van der Waals surface area (Å²) in [7, 11) is 0. The van der Waals surface area contributed by atoms with Crippen LogP contribution in [-0.2, 0) is 49.3 Å². The van der Waals surface area contributed by atoms with Gasteiger partial charge in [0.05, 0.1) is 94.3 Å². The van der Waals surface area contributed by atoms with Gasteiger partial charge in [0.15, 0.2) is 48.3 Å². The molecule has 4 fully saturated rings. The van der Waals surface area contributed by atoms with Crippen LogP contribution in [0.25, 0.3) is 60.0 Å². The molecule has 1 unspecified atom stereocenters. The number of aliphatic hydroxyl groups is 9. The van der Waals surface area contributed by atoms with Gasteiger partial charge in [-0.3, -0.25) is 34.7 Å². The molecule has 50 heteroatoms. The van der Waals surface area contributed by atoms with Gasteiger partial charge in [0.25, 0.3) is 17.7 Å². The molecule has 1 aromatic carbocycles. The van der Waals surface area contributed by atoms with Gasteiger partial charge < -0.3 is 148 Å². The fourth-order valence-corrected chi connectivity index (χ4v) is 16.1. The van der Waals surface area contributed by atoms with Crippen molar-refractivity contribution in [3.05, 3.63) is 135 Å². The summed E-state index contributed by atoms with van der Waals surface area (Å²) in [5.41, 5.74) is 44.0. The first kappa shape index (κ1) is 101. The van der Waals surface area contributed by atoms with E-state index in [1.165, 1.54) is 39.2 Å². The quantitative estimate of drug-likeness (QED) is 0.00986. The number of benzene rings is 1. The number of primary amides is 3. The summed E-state index contributed by atoms with van der Waals surface area (Å²) in [4.78, 5) is 120. The second-order valence-electron chi connectivity index (χ2n) is 33.1. The fourth-order valence-electron chi connectivity index (χ4n) is 15.8. The molecule has 49 nitrogen and oxygen atoms in total. The number of hydrogen-bond acceptors (Lipinski definition) is 40. The average molecular weight is 1870 g/mol. The Morgan fingerprint density at radius 3 is 1.54 bits per heavy atom. The number of anilines is 4. The number of amides is 3. The number of nitrogens with two attached hydrogens (primary N) is 8. The molecule has 0 radical (unpaired) electrons. The number of halogens is 1. The Hall–Kier alpha value is -12.6. The lowest BCUT2D eigenvalue weighted by Gasteiger charge is -2.34. The van der Waals surface area contributed by atoms with Crippen LogP contribution in [0.4, 0.5) is 29.0 Å². The van der Waals surface area contributed by atoms with Crippen molar-refractivity contribution in [2.75, 3.05) is 48.8 Å². The molecule has 716 valence electrons. The highest BCUT2D eigenvalue weighted by atomic mass is 35.5. The Bertz CT molecular complexity index is 6050. The lowest BCUT2D eigenvalue weighted by molar-refractivity contribution is -0.168. The minimum atomic E-state index is -1.92. The molecule has 4 aliphatic heterocycles. The summed E-state index contributed by atoms with van der Waals surface area (Å²) in [6.45, 7) is 28.8. The van der Waals surface area contributed by atoms with E-state index in [9.17, 15) is 74.8 Å². The topological polar surface area (TPSA) is 759 Å². The summed E-state index contributed by atoms with van der Waals surface area (Å²) in [6, 6.07) is 8.80. The van der Waals surface area contributed by atoms with E-state index in [2.05, 4.69) is 60.1 Å². The number of hydrazine groups is 1. The Morgan fingerprint density at radius 2 is 1.05 bits per heavy atom. The maximum atomic E-state index is 13.0. The number of nitrogens with one attached hydrogen (secondary N) is 2. The number of aromatic nitrogens is 15. The molecule has 133 heavy (non-hydrogen) atoms. The van der Waals surface area contributed by atoms with Crippen LogP contribution in [0.5, 0.6) is 0 Å². The smallest absolute Gasteiger partial charge is 0.338 e. The number of ether oxygens (including phenoxy) is 7.